The van der Waals surface area contributed by atoms with Crippen LogP contribution in [0.2, 0.25) is 0 Å². The third-order valence-corrected chi connectivity index (χ3v) is 14.8. The summed E-state index contributed by atoms with van der Waals surface area (Å²) >= 11 is 1.56. The molecule has 7 heteroatoms. The van der Waals surface area contributed by atoms with E-state index in [0.717, 1.165) is 59.4 Å². The number of nitrogens with one attached hydrogen (secondary N) is 1. The van der Waals surface area contributed by atoms with Gasteiger partial charge in [-0.1, -0.05) is 69.3 Å². The fraction of sp³-hybridized carbons (Fsp3) is 0.600. The normalized spacial score (nSPS) is 39.0. The highest BCUT2D eigenvalue weighted by atomic mass is 32.1. The van der Waals surface area contributed by atoms with Gasteiger partial charge in [0.25, 0.3) is 0 Å². The van der Waals surface area contributed by atoms with Gasteiger partial charge in [0.05, 0.1) is 29.2 Å². The molecule has 2 spiro atoms. The van der Waals surface area contributed by atoms with E-state index in [-0.39, 0.29) is 53.2 Å². The fourth-order valence-corrected chi connectivity index (χ4v) is 12.0. The maximum Gasteiger partial charge on any atom is 0.317 e. The number of nitrogens with zero attached hydrogens (tertiary/aromatic N) is 1. The second-order valence-corrected chi connectivity index (χ2v) is 17.3. The van der Waals surface area contributed by atoms with Crippen LogP contribution in [0.4, 0.5) is 4.79 Å². The van der Waals surface area contributed by atoms with Crippen LogP contribution in [0.25, 0.3) is 0 Å². The van der Waals surface area contributed by atoms with Gasteiger partial charge in [-0.3, -0.25) is 4.79 Å². The van der Waals surface area contributed by atoms with Crippen molar-refractivity contribution in [2.75, 3.05) is 13.1 Å². The van der Waals surface area contributed by atoms with E-state index >= 15 is 0 Å². The van der Waals surface area contributed by atoms with Crippen molar-refractivity contribution in [1.29, 1.82) is 0 Å². The van der Waals surface area contributed by atoms with Gasteiger partial charge in [0.2, 0.25) is 0 Å². The van der Waals surface area contributed by atoms with Crippen molar-refractivity contribution in [3.05, 3.63) is 81.6 Å². The monoisotopic (exact) mass is 656 g/mol. The van der Waals surface area contributed by atoms with E-state index in [1.54, 1.807) is 11.3 Å². The van der Waals surface area contributed by atoms with Crippen LogP contribution >= 0.6 is 11.3 Å². The summed E-state index contributed by atoms with van der Waals surface area (Å²) in [4.78, 5) is 32.2. The quantitative estimate of drug-likeness (QED) is 0.198. The first-order chi connectivity index (χ1) is 22.3. The second kappa shape index (κ2) is 11.4. The molecule has 1 aromatic heterocycles. The molecular weight excluding hydrogens is 605 g/mol. The Kier molecular flexibility index (Phi) is 7.97. The number of ketones is 1. The van der Waals surface area contributed by atoms with E-state index in [0.29, 0.717) is 19.4 Å². The molecule has 3 fully saturated rings. The van der Waals surface area contributed by atoms with E-state index in [9.17, 15) is 19.8 Å². The first-order valence-corrected chi connectivity index (χ1v) is 18.7. The topological polar surface area (TPSA) is 89.9 Å². The number of carbonyl (C=O) groups excluding carboxylic acids is 2. The number of rotatable bonds is 8. The summed E-state index contributed by atoms with van der Waals surface area (Å²) in [6.07, 6.45) is 13.0. The zero-order valence-electron chi connectivity index (χ0n) is 28.7. The number of aliphatic hydroxyl groups is 2. The molecule has 0 radical (unpaired) electrons. The standard InChI is InChI=1S/C40H52N2O4S/c1-6-22-42(35(45)41-27(3)28-10-8-7-9-11-28)25-39(46)19-16-33-37(39,5)18-15-32-36(4)17-14-29(43)23-38(36)20-21-40(32,33)30(24-38)34(44)31-13-12-26(2)47-31/h7-13,20-21,24,27,29,32-33,43,46H,6,14-19,22-23,25H2,1-5H3,(H,41,45)/t27-,29?,32-,33-,36-,37+,38+,39-,40-/m1/s1. The number of hydrogen-bond acceptors (Lipinski definition) is 5. The van der Waals surface area contributed by atoms with Gasteiger partial charge in [-0.2, -0.15) is 0 Å². The van der Waals surface area contributed by atoms with Crippen LogP contribution in [-0.2, 0) is 0 Å². The molecule has 8 rings (SSSR count). The fourth-order valence-electron chi connectivity index (χ4n) is 11.2. The highest BCUT2D eigenvalue weighted by Crippen LogP contribution is 2.78. The van der Waals surface area contributed by atoms with E-state index < -0.39 is 16.4 Å². The lowest BCUT2D eigenvalue weighted by atomic mass is 9.32. The number of carbonyl (C=O) groups is 2. The van der Waals surface area contributed by atoms with Gasteiger partial charge in [-0.25, -0.2) is 4.79 Å². The van der Waals surface area contributed by atoms with Crippen LogP contribution in [0.5, 0.6) is 0 Å². The minimum atomic E-state index is -1.09. The minimum absolute atomic E-state index is 0.0583. The van der Waals surface area contributed by atoms with Gasteiger partial charge < -0.3 is 20.4 Å². The highest BCUT2D eigenvalue weighted by Gasteiger charge is 2.74. The van der Waals surface area contributed by atoms with E-state index in [1.807, 2.05) is 61.2 Å². The third-order valence-electron chi connectivity index (χ3n) is 13.8. The van der Waals surface area contributed by atoms with Crippen LogP contribution in [0, 0.1) is 40.4 Å². The lowest BCUT2D eigenvalue weighted by Crippen LogP contribution is -2.67. The van der Waals surface area contributed by atoms with Crippen molar-refractivity contribution in [1.82, 2.24) is 10.2 Å². The Balaban J connectivity index is 1.25. The molecule has 2 aromatic rings. The molecule has 6 nitrogen and oxygen atoms in total. The number of aliphatic hydroxyl groups excluding tert-OH is 1. The van der Waals surface area contributed by atoms with E-state index in [1.165, 1.54) is 0 Å². The lowest BCUT2D eigenvalue weighted by molar-refractivity contribution is -0.174. The number of aryl methyl sites for hydroxylation is 1. The van der Waals surface area contributed by atoms with Crippen molar-refractivity contribution in [3.63, 3.8) is 0 Å². The first kappa shape index (κ1) is 32.8. The molecule has 6 aliphatic rings. The minimum Gasteiger partial charge on any atom is -0.393 e. The highest BCUT2D eigenvalue weighted by molar-refractivity contribution is 7.14. The van der Waals surface area contributed by atoms with Gasteiger partial charge in [-0.15, -0.1) is 11.3 Å². The lowest BCUT2D eigenvalue weighted by Gasteiger charge is -2.71. The summed E-state index contributed by atoms with van der Waals surface area (Å²) in [6.45, 7) is 11.6. The smallest absolute Gasteiger partial charge is 0.317 e. The van der Waals surface area contributed by atoms with Crippen molar-refractivity contribution in [3.8, 4) is 0 Å². The Bertz CT molecular complexity index is 1620. The van der Waals surface area contributed by atoms with Gasteiger partial charge in [0, 0.05) is 33.2 Å². The number of hydrogen-bond donors (Lipinski definition) is 3. The number of benzene rings is 1. The van der Waals surface area contributed by atoms with Crippen LogP contribution in [0.3, 0.4) is 0 Å². The number of fused-ring (bicyclic) bond motifs is 1. The van der Waals surface area contributed by atoms with Crippen LogP contribution < -0.4 is 5.32 Å². The maximum absolute atomic E-state index is 14.7. The average Bonchev–Trinajstić information content (AvgIpc) is 3.60. The average molecular weight is 657 g/mol. The number of amides is 2. The summed E-state index contributed by atoms with van der Waals surface area (Å²) in [5, 5.41) is 27.0. The molecule has 1 unspecified atom stereocenters. The largest absolute Gasteiger partial charge is 0.393 e. The zero-order chi connectivity index (χ0) is 33.4. The first-order valence-electron chi connectivity index (χ1n) is 17.9. The summed E-state index contributed by atoms with van der Waals surface area (Å²) in [7, 11) is 0. The van der Waals surface area contributed by atoms with Crippen molar-refractivity contribution in [2.24, 2.45) is 33.5 Å². The maximum atomic E-state index is 14.7. The summed E-state index contributed by atoms with van der Waals surface area (Å²) in [5.74, 6) is 0.420. The Labute approximate surface area is 284 Å². The molecule has 1 aromatic carbocycles. The predicted molar refractivity (Wildman–Crippen MR) is 187 cm³/mol. The summed E-state index contributed by atoms with van der Waals surface area (Å²) < 4.78 is 0. The Morgan fingerprint density at radius 1 is 1.00 bits per heavy atom. The van der Waals surface area contributed by atoms with E-state index in [2.05, 4.69) is 44.3 Å². The number of urea groups is 1. The Morgan fingerprint density at radius 2 is 1.70 bits per heavy atom. The molecule has 2 amide bonds. The van der Waals surface area contributed by atoms with Crippen molar-refractivity contribution in [2.45, 2.75) is 104 Å². The molecule has 2 bridgehead atoms. The van der Waals surface area contributed by atoms with E-state index in [4.69, 9.17) is 0 Å². The molecule has 1 heterocycles. The SMILES string of the molecule is CCCN(C[C@]1(O)CC[C@H]2[C@]34C=C[C@@]5(C=C3C(=O)c3ccc(C)s3)CC(O)CC[C@]5(C)[C@H]4CC[C@@]21C)C(=O)N[C@H](C)c1ccccc1. The van der Waals surface area contributed by atoms with Gasteiger partial charge in [0.1, 0.15) is 0 Å². The molecule has 3 N–H and O–H groups in total. The summed E-state index contributed by atoms with van der Waals surface area (Å²) in [6, 6.07) is 13.7. The third kappa shape index (κ3) is 4.69. The van der Waals surface area contributed by atoms with Crippen LogP contribution in [-0.4, -0.2) is 51.7 Å². The number of allylic oxidation sites excluding steroid dienone is 4. The van der Waals surface area contributed by atoms with Crippen molar-refractivity contribution >= 4 is 23.2 Å². The molecule has 9 atom stereocenters. The Morgan fingerprint density at radius 3 is 2.40 bits per heavy atom. The number of thiophene rings is 1. The second-order valence-electron chi connectivity index (χ2n) is 16.1. The molecule has 6 aliphatic carbocycles. The molecule has 47 heavy (non-hydrogen) atoms. The van der Waals surface area contributed by atoms with Crippen molar-refractivity contribution < 1.29 is 19.8 Å². The molecule has 0 saturated heterocycles. The van der Waals surface area contributed by atoms with Gasteiger partial charge >= 0.3 is 6.03 Å². The zero-order valence-corrected chi connectivity index (χ0v) is 29.5. The van der Waals surface area contributed by atoms with Gasteiger partial charge in [0.15, 0.2) is 5.78 Å². The molecule has 0 aliphatic heterocycles. The number of Topliss-reactive ketones (excluding diaryl/α,β-unsaturated/α-hetero) is 1. The van der Waals surface area contributed by atoms with Crippen LogP contribution in [0.1, 0.15) is 105 Å². The summed E-state index contributed by atoms with van der Waals surface area (Å²) in [5.41, 5.74) is -0.548. The van der Waals surface area contributed by atoms with Gasteiger partial charge in [-0.05, 0) is 100 Å². The predicted octanol–water partition coefficient (Wildman–Crippen LogP) is 8.01. The molecular formula is C40H52N2O4S. The molecule has 3 saturated carbocycles. The van der Waals surface area contributed by atoms with Crippen LogP contribution in [0.15, 0.2) is 66.3 Å². The Hall–Kier alpha value is -2.74. The molecule has 252 valence electrons.